The lowest BCUT2D eigenvalue weighted by molar-refractivity contribution is -0.388. The highest BCUT2D eigenvalue weighted by Gasteiger charge is 2.19. The standard InChI is InChI=1S/C12H14N4O3/c1-15-8-14-12(16(17)18)11(15)13-7-9-5-3-4-6-10(9)19-2/h3-6,8,13H,7H2,1-2H3. The van der Waals surface area contributed by atoms with Crippen LogP contribution in [0.25, 0.3) is 0 Å². The summed E-state index contributed by atoms with van der Waals surface area (Å²) in [5.74, 6) is 0.924. The van der Waals surface area contributed by atoms with Crippen LogP contribution in [-0.2, 0) is 13.6 Å². The summed E-state index contributed by atoms with van der Waals surface area (Å²) in [6.07, 6.45) is 1.41. The smallest absolute Gasteiger partial charge is 0.406 e. The summed E-state index contributed by atoms with van der Waals surface area (Å²) in [6, 6.07) is 7.49. The molecule has 0 saturated heterocycles. The van der Waals surface area contributed by atoms with Crippen LogP contribution in [0.3, 0.4) is 0 Å². The van der Waals surface area contributed by atoms with Gasteiger partial charge in [-0.15, -0.1) is 0 Å². The molecule has 0 saturated carbocycles. The number of nitrogens with one attached hydrogen (secondary N) is 1. The first kappa shape index (κ1) is 12.9. The molecule has 2 rings (SSSR count). The number of benzene rings is 1. The number of imidazole rings is 1. The van der Waals surface area contributed by atoms with Crippen LogP contribution in [0.4, 0.5) is 11.6 Å². The highest BCUT2D eigenvalue weighted by molar-refractivity contribution is 5.52. The lowest BCUT2D eigenvalue weighted by Crippen LogP contribution is -2.06. The number of ether oxygens (including phenoxy) is 1. The molecule has 0 amide bonds. The van der Waals surface area contributed by atoms with Crippen LogP contribution in [0.2, 0.25) is 0 Å². The minimum atomic E-state index is -0.509. The molecule has 0 unspecified atom stereocenters. The van der Waals surface area contributed by atoms with Crippen molar-refractivity contribution in [2.75, 3.05) is 12.4 Å². The normalized spacial score (nSPS) is 10.2. The maximum Gasteiger partial charge on any atom is 0.406 e. The third kappa shape index (κ3) is 2.65. The largest absolute Gasteiger partial charge is 0.496 e. The van der Waals surface area contributed by atoms with E-state index >= 15 is 0 Å². The average molecular weight is 262 g/mol. The summed E-state index contributed by atoms with van der Waals surface area (Å²) in [6.45, 7) is 0.421. The zero-order valence-corrected chi connectivity index (χ0v) is 10.7. The Morgan fingerprint density at radius 1 is 1.47 bits per heavy atom. The van der Waals surface area contributed by atoms with Gasteiger partial charge in [0.05, 0.1) is 7.11 Å². The van der Waals surface area contributed by atoms with Crippen LogP contribution >= 0.6 is 0 Å². The van der Waals surface area contributed by atoms with E-state index in [0.29, 0.717) is 12.4 Å². The molecule has 0 aliphatic carbocycles. The van der Waals surface area contributed by atoms with Gasteiger partial charge in [0, 0.05) is 19.2 Å². The first-order valence-corrected chi connectivity index (χ1v) is 5.65. The van der Waals surface area contributed by atoms with Gasteiger partial charge in [-0.1, -0.05) is 18.2 Å². The van der Waals surface area contributed by atoms with E-state index in [1.165, 1.54) is 6.33 Å². The van der Waals surface area contributed by atoms with E-state index in [0.717, 1.165) is 11.3 Å². The Labute approximate surface area is 110 Å². The van der Waals surface area contributed by atoms with Crippen molar-refractivity contribution >= 4 is 11.6 Å². The second-order valence-electron chi connectivity index (χ2n) is 3.95. The summed E-state index contributed by atoms with van der Waals surface area (Å²) in [5, 5.41) is 13.8. The molecular weight excluding hydrogens is 248 g/mol. The molecule has 1 N–H and O–H groups in total. The second kappa shape index (κ2) is 5.38. The van der Waals surface area contributed by atoms with Crippen molar-refractivity contribution in [3.8, 4) is 5.75 Å². The first-order valence-electron chi connectivity index (χ1n) is 5.65. The van der Waals surface area contributed by atoms with Crippen LogP contribution in [0.1, 0.15) is 5.56 Å². The number of hydrogen-bond donors (Lipinski definition) is 1. The fourth-order valence-corrected chi connectivity index (χ4v) is 1.78. The molecular formula is C12H14N4O3. The zero-order valence-electron chi connectivity index (χ0n) is 10.7. The van der Waals surface area contributed by atoms with Crippen molar-refractivity contribution < 1.29 is 9.66 Å². The maximum absolute atomic E-state index is 10.8. The molecule has 1 aromatic carbocycles. The zero-order chi connectivity index (χ0) is 13.8. The highest BCUT2D eigenvalue weighted by atomic mass is 16.6. The first-order chi connectivity index (χ1) is 9.13. The fourth-order valence-electron chi connectivity index (χ4n) is 1.78. The van der Waals surface area contributed by atoms with Crippen molar-refractivity contribution in [3.63, 3.8) is 0 Å². The third-order valence-electron chi connectivity index (χ3n) is 2.73. The molecule has 0 spiro atoms. The van der Waals surface area contributed by atoms with Crippen molar-refractivity contribution in [3.05, 3.63) is 46.3 Å². The maximum atomic E-state index is 10.8. The minimum Gasteiger partial charge on any atom is -0.496 e. The quantitative estimate of drug-likeness (QED) is 0.657. The van der Waals surface area contributed by atoms with E-state index in [-0.39, 0.29) is 5.82 Å². The molecule has 7 nitrogen and oxygen atoms in total. The van der Waals surface area contributed by atoms with Crippen LogP contribution < -0.4 is 10.1 Å². The van der Waals surface area contributed by atoms with E-state index in [2.05, 4.69) is 10.3 Å². The van der Waals surface area contributed by atoms with Crippen molar-refractivity contribution in [1.29, 1.82) is 0 Å². The highest BCUT2D eigenvalue weighted by Crippen LogP contribution is 2.24. The fraction of sp³-hybridized carbons (Fsp3) is 0.250. The number of anilines is 1. The number of nitro groups is 1. The molecule has 0 aliphatic heterocycles. The second-order valence-corrected chi connectivity index (χ2v) is 3.95. The predicted octanol–water partition coefficient (Wildman–Crippen LogP) is 1.95. The molecule has 2 aromatic rings. The molecule has 0 bridgehead atoms. The van der Waals surface area contributed by atoms with Gasteiger partial charge in [0.2, 0.25) is 12.1 Å². The number of para-hydroxylation sites is 1. The molecule has 19 heavy (non-hydrogen) atoms. The van der Waals surface area contributed by atoms with Crippen molar-refractivity contribution in [2.24, 2.45) is 7.05 Å². The average Bonchev–Trinajstić information content (AvgIpc) is 2.78. The van der Waals surface area contributed by atoms with Gasteiger partial charge in [0.25, 0.3) is 0 Å². The van der Waals surface area contributed by atoms with E-state index < -0.39 is 4.92 Å². The Hall–Kier alpha value is -2.57. The van der Waals surface area contributed by atoms with E-state index in [9.17, 15) is 10.1 Å². The van der Waals surface area contributed by atoms with Crippen molar-refractivity contribution in [1.82, 2.24) is 9.55 Å². The molecule has 1 aromatic heterocycles. The van der Waals surface area contributed by atoms with Gasteiger partial charge in [-0.05, 0) is 16.0 Å². The van der Waals surface area contributed by atoms with Crippen LogP contribution in [-0.4, -0.2) is 21.6 Å². The molecule has 0 aliphatic rings. The van der Waals surface area contributed by atoms with Gasteiger partial charge in [0.1, 0.15) is 5.75 Å². The van der Waals surface area contributed by atoms with Crippen LogP contribution in [0.5, 0.6) is 5.75 Å². The number of aryl methyl sites for hydroxylation is 1. The monoisotopic (exact) mass is 262 g/mol. The summed E-state index contributed by atoms with van der Waals surface area (Å²) in [7, 11) is 3.29. The van der Waals surface area contributed by atoms with Gasteiger partial charge in [-0.2, -0.15) is 0 Å². The Kier molecular flexibility index (Phi) is 3.65. The Morgan fingerprint density at radius 3 is 2.89 bits per heavy atom. The Bertz CT molecular complexity index is 594. The lowest BCUT2D eigenvalue weighted by atomic mass is 10.2. The van der Waals surface area contributed by atoms with Gasteiger partial charge in [-0.3, -0.25) is 4.57 Å². The lowest BCUT2D eigenvalue weighted by Gasteiger charge is -2.10. The van der Waals surface area contributed by atoms with E-state index in [1.807, 2.05) is 24.3 Å². The number of nitrogens with zero attached hydrogens (tertiary/aromatic N) is 3. The van der Waals surface area contributed by atoms with Gasteiger partial charge in [-0.25, -0.2) is 0 Å². The number of rotatable bonds is 5. The van der Waals surface area contributed by atoms with Crippen molar-refractivity contribution in [2.45, 2.75) is 6.54 Å². The predicted molar refractivity (Wildman–Crippen MR) is 70.2 cm³/mol. The molecule has 100 valence electrons. The Morgan fingerprint density at radius 2 is 2.21 bits per heavy atom. The third-order valence-corrected chi connectivity index (χ3v) is 2.73. The summed E-state index contributed by atoms with van der Waals surface area (Å²) >= 11 is 0. The van der Waals surface area contributed by atoms with E-state index in [4.69, 9.17) is 4.74 Å². The number of aromatic nitrogens is 2. The minimum absolute atomic E-state index is 0.183. The van der Waals surface area contributed by atoms with E-state index in [1.54, 1.807) is 18.7 Å². The summed E-state index contributed by atoms with van der Waals surface area (Å²) < 4.78 is 6.80. The molecule has 1 heterocycles. The Balaban J connectivity index is 2.19. The summed E-state index contributed by atoms with van der Waals surface area (Å²) in [5.41, 5.74) is 0.917. The van der Waals surface area contributed by atoms with Gasteiger partial charge in [0.15, 0.2) is 0 Å². The topological polar surface area (TPSA) is 82.2 Å². The number of methoxy groups -OCH3 is 1. The SMILES string of the molecule is COc1ccccc1CNc1c([N+](=O)[O-])ncn1C. The summed E-state index contributed by atoms with van der Waals surface area (Å²) in [4.78, 5) is 14.1. The molecule has 7 heteroatoms. The number of hydrogen-bond acceptors (Lipinski definition) is 5. The van der Waals surface area contributed by atoms with Gasteiger partial charge >= 0.3 is 5.82 Å². The molecule has 0 atom stereocenters. The molecule has 0 radical (unpaired) electrons. The molecule has 0 fully saturated rings. The van der Waals surface area contributed by atoms with Crippen LogP contribution in [0.15, 0.2) is 30.6 Å². The van der Waals surface area contributed by atoms with Crippen LogP contribution in [0, 0.1) is 10.1 Å². The van der Waals surface area contributed by atoms with Gasteiger partial charge < -0.3 is 20.2 Å².